The first kappa shape index (κ1) is 22.2. The second-order valence-electron chi connectivity index (χ2n) is 8.40. The number of phenols is 1. The van der Waals surface area contributed by atoms with Gasteiger partial charge in [-0.3, -0.25) is 9.59 Å². The van der Waals surface area contributed by atoms with Crippen LogP contribution in [-0.2, 0) is 6.42 Å². The Balaban J connectivity index is 1.36. The average molecular weight is 461 g/mol. The monoisotopic (exact) mass is 460 g/mol. The normalized spacial score (nSPS) is 10.9. The fraction of sp³-hybridized carbons (Fsp3) is 0.0667. The van der Waals surface area contributed by atoms with E-state index in [0.717, 1.165) is 28.1 Å². The zero-order valence-corrected chi connectivity index (χ0v) is 19.0. The van der Waals surface area contributed by atoms with E-state index >= 15 is 0 Å². The summed E-state index contributed by atoms with van der Waals surface area (Å²) in [5, 5.41) is 19.7. The van der Waals surface area contributed by atoms with Gasteiger partial charge in [-0.05, 0) is 58.5 Å². The summed E-state index contributed by atoms with van der Waals surface area (Å²) in [5.74, 6) is -0.716. The molecular weight excluding hydrogens is 436 g/mol. The van der Waals surface area contributed by atoms with E-state index in [9.17, 15) is 14.7 Å². The summed E-state index contributed by atoms with van der Waals surface area (Å²) < 4.78 is 0. The summed E-state index contributed by atoms with van der Waals surface area (Å²) in [4.78, 5) is 25.8. The van der Waals surface area contributed by atoms with Crippen molar-refractivity contribution in [2.45, 2.75) is 6.42 Å². The van der Waals surface area contributed by atoms with Gasteiger partial charge in [0.2, 0.25) is 0 Å². The predicted octanol–water partition coefficient (Wildman–Crippen LogP) is 5.92. The molecule has 0 saturated heterocycles. The van der Waals surface area contributed by atoms with Gasteiger partial charge in [0.05, 0.1) is 5.56 Å². The van der Waals surface area contributed by atoms with Gasteiger partial charge in [0, 0.05) is 23.2 Å². The lowest BCUT2D eigenvalue weighted by molar-refractivity contribution is 0.0953. The maximum absolute atomic E-state index is 13.1. The minimum atomic E-state index is -0.418. The van der Waals surface area contributed by atoms with Crippen LogP contribution in [0.15, 0.2) is 103 Å². The molecule has 3 N–H and O–H groups in total. The van der Waals surface area contributed by atoms with Crippen LogP contribution < -0.4 is 10.6 Å². The molecule has 0 radical (unpaired) electrons. The van der Waals surface area contributed by atoms with Crippen LogP contribution >= 0.6 is 0 Å². The maximum Gasteiger partial charge on any atom is 0.259 e. The molecule has 5 nitrogen and oxygen atoms in total. The molecule has 172 valence electrons. The van der Waals surface area contributed by atoms with Gasteiger partial charge >= 0.3 is 0 Å². The Morgan fingerprint density at radius 3 is 2.31 bits per heavy atom. The highest BCUT2D eigenvalue weighted by atomic mass is 16.3. The summed E-state index contributed by atoms with van der Waals surface area (Å²) in [6.45, 7) is 0.523. The highest BCUT2D eigenvalue weighted by Crippen LogP contribution is 2.28. The summed E-state index contributed by atoms with van der Waals surface area (Å²) in [5.41, 5.74) is 2.46. The van der Waals surface area contributed by atoms with Gasteiger partial charge < -0.3 is 15.7 Å². The predicted molar refractivity (Wildman–Crippen MR) is 140 cm³/mol. The van der Waals surface area contributed by atoms with Gasteiger partial charge in [-0.15, -0.1) is 0 Å². The molecule has 2 amide bonds. The van der Waals surface area contributed by atoms with Crippen molar-refractivity contribution in [2.75, 3.05) is 11.9 Å². The second kappa shape index (κ2) is 9.69. The van der Waals surface area contributed by atoms with Crippen molar-refractivity contribution >= 4 is 39.0 Å². The van der Waals surface area contributed by atoms with E-state index in [0.29, 0.717) is 23.2 Å². The van der Waals surface area contributed by atoms with Crippen LogP contribution in [0.5, 0.6) is 5.75 Å². The van der Waals surface area contributed by atoms with Crippen LogP contribution in [-0.4, -0.2) is 23.5 Å². The van der Waals surface area contributed by atoms with Gasteiger partial charge in [-0.1, -0.05) is 72.8 Å². The molecule has 0 spiro atoms. The number of benzene rings is 5. The van der Waals surface area contributed by atoms with E-state index in [4.69, 9.17) is 0 Å². The molecule has 0 unspecified atom stereocenters. The van der Waals surface area contributed by atoms with Crippen LogP contribution in [0.4, 0.5) is 5.69 Å². The third-order valence-electron chi connectivity index (χ3n) is 6.04. The molecule has 5 aromatic carbocycles. The Kier molecular flexibility index (Phi) is 6.14. The van der Waals surface area contributed by atoms with Crippen molar-refractivity contribution in [3.05, 3.63) is 120 Å². The molecule has 0 atom stereocenters. The van der Waals surface area contributed by atoms with Gasteiger partial charge in [-0.2, -0.15) is 0 Å². The van der Waals surface area contributed by atoms with Crippen molar-refractivity contribution in [1.82, 2.24) is 5.32 Å². The standard InChI is InChI=1S/C30H24N2O3/c33-28-19-22-13-14-23(29(34)31-16-15-20-7-2-1-3-8-20)17-24(22)18-26(28)30(35)32-27-12-6-10-21-9-4-5-11-25(21)27/h1-14,17-19,33H,15-16H2,(H,31,34)(H,32,35). The minimum Gasteiger partial charge on any atom is -0.507 e. The summed E-state index contributed by atoms with van der Waals surface area (Å²) in [7, 11) is 0. The van der Waals surface area contributed by atoms with Gasteiger partial charge in [0.25, 0.3) is 11.8 Å². The van der Waals surface area contributed by atoms with E-state index < -0.39 is 5.91 Å². The fourth-order valence-electron chi connectivity index (χ4n) is 4.20. The Bertz CT molecular complexity index is 1540. The molecule has 0 bridgehead atoms. The van der Waals surface area contributed by atoms with E-state index in [-0.39, 0.29) is 17.2 Å². The Hall–Kier alpha value is -4.64. The Morgan fingerprint density at radius 2 is 1.46 bits per heavy atom. The highest BCUT2D eigenvalue weighted by Gasteiger charge is 2.15. The smallest absolute Gasteiger partial charge is 0.259 e. The number of hydrogen-bond acceptors (Lipinski definition) is 3. The molecule has 5 aromatic rings. The van der Waals surface area contributed by atoms with Crippen molar-refractivity contribution in [3.8, 4) is 5.75 Å². The van der Waals surface area contributed by atoms with Crippen LogP contribution in [0.1, 0.15) is 26.3 Å². The average Bonchev–Trinajstić information content (AvgIpc) is 2.88. The first-order valence-corrected chi connectivity index (χ1v) is 11.5. The van der Waals surface area contributed by atoms with Gasteiger partial charge in [0.1, 0.15) is 5.75 Å². The van der Waals surface area contributed by atoms with Gasteiger partial charge in [0.15, 0.2) is 0 Å². The van der Waals surface area contributed by atoms with Crippen LogP contribution in [0.3, 0.4) is 0 Å². The molecular formula is C30H24N2O3. The number of hydrogen-bond donors (Lipinski definition) is 3. The van der Waals surface area contributed by atoms with Crippen LogP contribution in [0.25, 0.3) is 21.5 Å². The first-order valence-electron chi connectivity index (χ1n) is 11.5. The lowest BCUT2D eigenvalue weighted by Crippen LogP contribution is -2.25. The molecule has 0 aliphatic rings. The molecule has 0 aliphatic carbocycles. The summed E-state index contributed by atoms with van der Waals surface area (Å²) in [6, 6.07) is 31.8. The zero-order chi connectivity index (χ0) is 24.2. The molecule has 5 rings (SSSR count). The number of amides is 2. The lowest BCUT2D eigenvalue weighted by atomic mass is 10.0. The van der Waals surface area contributed by atoms with E-state index in [1.807, 2.05) is 72.8 Å². The first-order chi connectivity index (χ1) is 17.1. The topological polar surface area (TPSA) is 78.4 Å². The molecule has 0 aliphatic heterocycles. The lowest BCUT2D eigenvalue weighted by Gasteiger charge is -2.11. The number of carbonyl (C=O) groups is 2. The SMILES string of the molecule is O=C(NCCc1ccccc1)c1ccc2cc(O)c(C(=O)Nc3cccc4ccccc34)cc2c1. The number of aromatic hydroxyl groups is 1. The minimum absolute atomic E-state index is 0.115. The highest BCUT2D eigenvalue weighted by molar-refractivity contribution is 6.12. The van der Waals surface area contributed by atoms with Crippen LogP contribution in [0.2, 0.25) is 0 Å². The molecule has 5 heteroatoms. The van der Waals surface area contributed by atoms with Crippen molar-refractivity contribution < 1.29 is 14.7 Å². The van der Waals surface area contributed by atoms with Crippen LogP contribution in [0, 0.1) is 0 Å². The fourth-order valence-corrected chi connectivity index (χ4v) is 4.20. The van der Waals surface area contributed by atoms with E-state index in [1.165, 1.54) is 0 Å². The number of rotatable bonds is 6. The Labute approximate surface area is 203 Å². The Morgan fingerprint density at radius 1 is 0.686 bits per heavy atom. The number of anilines is 1. The van der Waals surface area contributed by atoms with Gasteiger partial charge in [-0.25, -0.2) is 0 Å². The zero-order valence-electron chi connectivity index (χ0n) is 19.0. The quantitative estimate of drug-likeness (QED) is 0.294. The number of phenolic OH excluding ortho intramolecular Hbond substituents is 1. The molecule has 0 aromatic heterocycles. The molecule has 0 heterocycles. The largest absolute Gasteiger partial charge is 0.507 e. The van der Waals surface area contributed by atoms with Crippen molar-refractivity contribution in [3.63, 3.8) is 0 Å². The third kappa shape index (κ3) is 4.84. The maximum atomic E-state index is 13.1. The number of carbonyl (C=O) groups excluding carboxylic acids is 2. The van der Waals surface area contributed by atoms with Crippen molar-refractivity contribution in [1.29, 1.82) is 0 Å². The summed E-state index contributed by atoms with van der Waals surface area (Å²) in [6.07, 6.45) is 0.743. The summed E-state index contributed by atoms with van der Waals surface area (Å²) >= 11 is 0. The van der Waals surface area contributed by atoms with Crippen molar-refractivity contribution in [2.24, 2.45) is 0 Å². The number of nitrogens with one attached hydrogen (secondary N) is 2. The number of fused-ring (bicyclic) bond motifs is 2. The van der Waals surface area contributed by atoms with E-state index in [2.05, 4.69) is 10.6 Å². The molecule has 35 heavy (non-hydrogen) atoms. The molecule has 0 fully saturated rings. The van der Waals surface area contributed by atoms with E-state index in [1.54, 1.807) is 30.3 Å². The molecule has 0 saturated carbocycles. The third-order valence-corrected chi connectivity index (χ3v) is 6.04. The second-order valence-corrected chi connectivity index (χ2v) is 8.40.